The second-order valence-electron chi connectivity index (χ2n) is 2.99. The number of thiol groups is 1. The lowest BCUT2D eigenvalue weighted by Gasteiger charge is -2.07. The zero-order chi connectivity index (χ0) is 10.3. The average molecular weight is 208 g/mol. The molecule has 0 saturated heterocycles. The first-order chi connectivity index (χ1) is 6.63. The zero-order valence-electron chi connectivity index (χ0n) is 7.47. The molecule has 2 aromatic rings. The fourth-order valence-electron chi connectivity index (χ4n) is 1.34. The lowest BCUT2D eigenvalue weighted by atomic mass is 10.3. The molecule has 1 aromatic carbocycles. The van der Waals surface area contributed by atoms with Crippen LogP contribution in [-0.4, -0.2) is 0 Å². The molecule has 1 aromatic heterocycles. The fraction of sp³-hybridized carbons (Fsp3) is 0.111. The predicted molar refractivity (Wildman–Crippen MR) is 53.9 cm³/mol. The van der Waals surface area contributed by atoms with E-state index >= 15 is 0 Å². The van der Waals surface area contributed by atoms with Crippen LogP contribution < -0.4 is 9.46 Å². The van der Waals surface area contributed by atoms with Gasteiger partial charge < -0.3 is 10.4 Å². The molecule has 0 aliphatic carbocycles. The highest BCUT2D eigenvalue weighted by molar-refractivity contribution is 7.80. The number of fused-ring (bicyclic) bond motifs is 1. The van der Waals surface area contributed by atoms with Gasteiger partial charge in [-0.2, -0.15) is 4.73 Å². The number of nitrogens with zero attached hydrogens (tertiary/aromatic N) is 2. The maximum Gasteiger partial charge on any atom is 0.317 e. The fourth-order valence-corrected chi connectivity index (χ4v) is 1.54. The van der Waals surface area contributed by atoms with Crippen LogP contribution in [0.2, 0.25) is 0 Å². The van der Waals surface area contributed by atoms with Gasteiger partial charge in [0.2, 0.25) is 0 Å². The minimum atomic E-state index is 0.138. The Balaban J connectivity index is 3.02. The van der Waals surface area contributed by atoms with E-state index in [9.17, 15) is 10.4 Å². The number of hydrogen-bond donors (Lipinski definition) is 1. The number of hydrogen-bond acceptors (Lipinski definition) is 3. The van der Waals surface area contributed by atoms with Crippen LogP contribution in [0.15, 0.2) is 29.3 Å². The normalized spacial score (nSPS) is 10.7. The minimum Gasteiger partial charge on any atom is -0.618 e. The Morgan fingerprint density at radius 1 is 1.07 bits per heavy atom. The van der Waals surface area contributed by atoms with E-state index in [4.69, 9.17) is 0 Å². The monoisotopic (exact) mass is 208 g/mol. The van der Waals surface area contributed by atoms with Crippen LogP contribution in [0.3, 0.4) is 0 Å². The molecular formula is C9H8N2O2S. The van der Waals surface area contributed by atoms with E-state index in [1.54, 1.807) is 31.2 Å². The lowest BCUT2D eigenvalue weighted by Crippen LogP contribution is -2.42. The summed E-state index contributed by atoms with van der Waals surface area (Å²) in [7, 11) is 0. The van der Waals surface area contributed by atoms with Gasteiger partial charge in [0.25, 0.3) is 16.7 Å². The van der Waals surface area contributed by atoms with E-state index in [-0.39, 0.29) is 5.03 Å². The third-order valence-electron chi connectivity index (χ3n) is 2.14. The Kier molecular flexibility index (Phi) is 1.96. The summed E-state index contributed by atoms with van der Waals surface area (Å²) in [5.74, 6) is 0. The topological polar surface area (TPSA) is 53.9 Å². The van der Waals surface area contributed by atoms with Crippen molar-refractivity contribution in [3.05, 3.63) is 40.4 Å². The highest BCUT2D eigenvalue weighted by Gasteiger charge is 2.21. The summed E-state index contributed by atoms with van der Waals surface area (Å²) in [6.07, 6.45) is 0. The van der Waals surface area contributed by atoms with Crippen molar-refractivity contribution in [2.45, 2.75) is 11.9 Å². The lowest BCUT2D eigenvalue weighted by molar-refractivity contribution is -0.663. The first-order valence-corrected chi connectivity index (χ1v) is 4.51. The van der Waals surface area contributed by atoms with E-state index in [2.05, 4.69) is 12.6 Å². The van der Waals surface area contributed by atoms with Crippen LogP contribution in [0.1, 0.15) is 5.69 Å². The van der Waals surface area contributed by atoms with Gasteiger partial charge in [0, 0.05) is 19.1 Å². The number of para-hydroxylation sites is 2. The van der Waals surface area contributed by atoms with Gasteiger partial charge in [0.05, 0.1) is 0 Å². The standard InChI is InChI=1S/C9H8N2O2S/c1-6-9(14)11(13)8-5-3-2-4-7(8)10(6)12/h2-5,14H,1H3. The molecule has 0 bridgehead atoms. The average Bonchev–Trinajstić information content (AvgIpc) is 2.23. The van der Waals surface area contributed by atoms with E-state index in [1.807, 2.05) is 0 Å². The molecule has 0 aliphatic heterocycles. The molecule has 0 fully saturated rings. The van der Waals surface area contributed by atoms with Crippen LogP contribution in [0.5, 0.6) is 0 Å². The van der Waals surface area contributed by atoms with Gasteiger partial charge in [-0.05, 0) is 0 Å². The van der Waals surface area contributed by atoms with Gasteiger partial charge >= 0.3 is 5.03 Å². The molecule has 4 nitrogen and oxygen atoms in total. The van der Waals surface area contributed by atoms with Gasteiger partial charge in [-0.1, -0.05) is 24.8 Å². The van der Waals surface area contributed by atoms with Gasteiger partial charge in [-0.25, -0.2) is 0 Å². The first-order valence-electron chi connectivity index (χ1n) is 4.06. The molecule has 0 spiro atoms. The molecule has 0 unspecified atom stereocenters. The Morgan fingerprint density at radius 3 is 2.14 bits per heavy atom. The van der Waals surface area contributed by atoms with Gasteiger partial charge in [-0.3, -0.25) is 0 Å². The van der Waals surface area contributed by atoms with Crippen LogP contribution in [0.4, 0.5) is 0 Å². The minimum absolute atomic E-state index is 0.138. The highest BCUT2D eigenvalue weighted by atomic mass is 32.1. The van der Waals surface area contributed by atoms with Crippen molar-refractivity contribution in [3.63, 3.8) is 0 Å². The number of aromatic nitrogens is 2. The third kappa shape index (κ3) is 1.09. The molecule has 0 amide bonds. The molecule has 2 rings (SSSR count). The van der Waals surface area contributed by atoms with E-state index in [0.717, 1.165) is 0 Å². The summed E-state index contributed by atoms with van der Waals surface area (Å²) in [5.41, 5.74) is 0.998. The van der Waals surface area contributed by atoms with Gasteiger partial charge in [0.15, 0.2) is 0 Å². The molecule has 72 valence electrons. The largest absolute Gasteiger partial charge is 0.618 e. The molecule has 14 heavy (non-hydrogen) atoms. The van der Waals surface area contributed by atoms with Crippen LogP contribution >= 0.6 is 12.6 Å². The second kappa shape index (κ2) is 3.02. The third-order valence-corrected chi connectivity index (χ3v) is 2.65. The van der Waals surface area contributed by atoms with Gasteiger partial charge in [-0.15, -0.1) is 4.73 Å². The maximum atomic E-state index is 11.6. The quantitative estimate of drug-likeness (QED) is 0.393. The smallest absolute Gasteiger partial charge is 0.317 e. The summed E-state index contributed by atoms with van der Waals surface area (Å²) in [6, 6.07) is 6.63. The summed E-state index contributed by atoms with van der Waals surface area (Å²) in [4.78, 5) is 0. The Bertz CT molecular complexity index is 467. The SMILES string of the molecule is Cc1c(S)[n+]([O-])c2ccccc2[n+]1[O-]. The van der Waals surface area contributed by atoms with Crippen molar-refractivity contribution in [3.8, 4) is 0 Å². The van der Waals surface area contributed by atoms with E-state index in [1.165, 1.54) is 0 Å². The summed E-state index contributed by atoms with van der Waals surface area (Å²) in [5, 5.41) is 23.3. The van der Waals surface area contributed by atoms with E-state index in [0.29, 0.717) is 26.2 Å². The summed E-state index contributed by atoms with van der Waals surface area (Å²) in [6.45, 7) is 1.57. The molecule has 0 aliphatic rings. The van der Waals surface area contributed by atoms with E-state index < -0.39 is 0 Å². The predicted octanol–water partition coefficient (Wildman–Crippen LogP) is 0.704. The zero-order valence-corrected chi connectivity index (χ0v) is 8.36. The summed E-state index contributed by atoms with van der Waals surface area (Å²) >= 11 is 3.99. The molecule has 1 heterocycles. The molecule has 0 N–H and O–H groups in total. The highest BCUT2D eigenvalue weighted by Crippen LogP contribution is 2.10. The summed E-state index contributed by atoms with van der Waals surface area (Å²) < 4.78 is 1.37. The van der Waals surface area contributed by atoms with Crippen molar-refractivity contribution < 1.29 is 9.46 Å². The van der Waals surface area contributed by atoms with Crippen LogP contribution in [0, 0.1) is 17.3 Å². The second-order valence-corrected chi connectivity index (χ2v) is 3.41. The van der Waals surface area contributed by atoms with Crippen molar-refractivity contribution in [1.82, 2.24) is 0 Å². The first kappa shape index (κ1) is 9.08. The van der Waals surface area contributed by atoms with Crippen molar-refractivity contribution in [2.24, 2.45) is 0 Å². The van der Waals surface area contributed by atoms with Crippen LogP contribution in [-0.2, 0) is 0 Å². The Morgan fingerprint density at radius 2 is 1.57 bits per heavy atom. The van der Waals surface area contributed by atoms with Crippen molar-refractivity contribution in [2.75, 3.05) is 0 Å². The molecule has 0 atom stereocenters. The molecular weight excluding hydrogens is 200 g/mol. The molecule has 5 heteroatoms. The van der Waals surface area contributed by atoms with Crippen molar-refractivity contribution >= 4 is 23.7 Å². The number of benzene rings is 1. The Hall–Kier alpha value is -1.49. The Labute approximate surface area is 86.0 Å². The molecule has 0 radical (unpaired) electrons. The van der Waals surface area contributed by atoms with Gasteiger partial charge in [0.1, 0.15) is 0 Å². The van der Waals surface area contributed by atoms with Crippen molar-refractivity contribution in [1.29, 1.82) is 0 Å². The maximum absolute atomic E-state index is 11.6. The van der Waals surface area contributed by atoms with Crippen LogP contribution in [0.25, 0.3) is 11.0 Å². The molecule has 0 saturated carbocycles. The number of rotatable bonds is 0.